The molecular formula is C15H20N2O3S. The Hall–Kier alpha value is -1.79. The van der Waals surface area contributed by atoms with Gasteiger partial charge in [-0.25, -0.2) is 4.98 Å². The first-order chi connectivity index (χ1) is 10.0. The maximum Gasteiger partial charge on any atom is 0.203 e. The molecule has 0 fully saturated rings. The number of aryl methyl sites for hydroxylation is 2. The molecule has 1 heterocycles. The van der Waals surface area contributed by atoms with Crippen molar-refractivity contribution in [1.82, 2.24) is 4.98 Å². The number of methoxy groups -OCH3 is 3. The third-order valence-electron chi connectivity index (χ3n) is 3.36. The van der Waals surface area contributed by atoms with Gasteiger partial charge in [-0.1, -0.05) is 0 Å². The Bertz CT molecular complexity index is 595. The Morgan fingerprint density at radius 3 is 2.00 bits per heavy atom. The quantitative estimate of drug-likeness (QED) is 0.920. The highest BCUT2D eigenvalue weighted by atomic mass is 32.1. The van der Waals surface area contributed by atoms with Gasteiger partial charge < -0.3 is 19.9 Å². The van der Waals surface area contributed by atoms with Crippen molar-refractivity contribution in [3.8, 4) is 17.2 Å². The summed E-state index contributed by atoms with van der Waals surface area (Å²) in [7, 11) is 4.75. The number of nitrogens with two attached hydrogens (primary N) is 1. The second-order valence-electron chi connectivity index (χ2n) is 4.63. The highest BCUT2D eigenvalue weighted by molar-refractivity contribution is 7.11. The fourth-order valence-corrected chi connectivity index (χ4v) is 3.01. The second-order valence-corrected chi connectivity index (χ2v) is 5.86. The van der Waals surface area contributed by atoms with Crippen LogP contribution in [-0.2, 0) is 0 Å². The minimum Gasteiger partial charge on any atom is -0.493 e. The molecule has 114 valence electrons. The van der Waals surface area contributed by atoms with Crippen LogP contribution in [0.2, 0.25) is 0 Å². The van der Waals surface area contributed by atoms with Crippen LogP contribution in [0.5, 0.6) is 17.2 Å². The number of thiazole rings is 1. The maximum atomic E-state index is 6.33. The molecular weight excluding hydrogens is 288 g/mol. The summed E-state index contributed by atoms with van der Waals surface area (Å²) in [5.74, 6) is 1.74. The Labute approximate surface area is 128 Å². The number of rotatable bonds is 5. The monoisotopic (exact) mass is 308 g/mol. The highest BCUT2D eigenvalue weighted by Crippen LogP contribution is 2.40. The smallest absolute Gasteiger partial charge is 0.203 e. The molecule has 0 aliphatic heterocycles. The number of ether oxygens (including phenoxy) is 3. The molecule has 0 bridgehead atoms. The van der Waals surface area contributed by atoms with Crippen molar-refractivity contribution in [2.45, 2.75) is 19.9 Å². The van der Waals surface area contributed by atoms with Gasteiger partial charge in [0.05, 0.1) is 33.1 Å². The number of hydrogen-bond donors (Lipinski definition) is 1. The Morgan fingerprint density at radius 2 is 1.62 bits per heavy atom. The standard InChI is InChI=1S/C15H20N2O3S/c1-8-9(2)21-15(17-8)13(16)10-6-11(18-3)14(20-5)12(7-10)19-4/h6-7,13H,16H2,1-5H3. The van der Waals surface area contributed by atoms with E-state index in [0.29, 0.717) is 17.2 Å². The third-order valence-corrected chi connectivity index (χ3v) is 4.51. The molecule has 6 heteroatoms. The van der Waals surface area contributed by atoms with Gasteiger partial charge in [0.25, 0.3) is 0 Å². The fraction of sp³-hybridized carbons (Fsp3) is 0.400. The summed E-state index contributed by atoms with van der Waals surface area (Å²) in [6, 6.07) is 3.40. The summed E-state index contributed by atoms with van der Waals surface area (Å²) in [6.07, 6.45) is 0. The molecule has 2 rings (SSSR count). The summed E-state index contributed by atoms with van der Waals surface area (Å²) in [5, 5.41) is 0.874. The molecule has 5 nitrogen and oxygen atoms in total. The minimum absolute atomic E-state index is 0.323. The van der Waals surface area contributed by atoms with Gasteiger partial charge in [-0.15, -0.1) is 11.3 Å². The largest absolute Gasteiger partial charge is 0.493 e. The number of nitrogens with zero attached hydrogens (tertiary/aromatic N) is 1. The van der Waals surface area contributed by atoms with Crippen LogP contribution in [0, 0.1) is 13.8 Å². The first kappa shape index (κ1) is 15.6. The average Bonchev–Trinajstić information content (AvgIpc) is 2.84. The van der Waals surface area contributed by atoms with Crippen LogP contribution < -0.4 is 19.9 Å². The van der Waals surface area contributed by atoms with E-state index in [1.54, 1.807) is 32.7 Å². The molecule has 1 aromatic carbocycles. The van der Waals surface area contributed by atoms with Gasteiger partial charge in [0.15, 0.2) is 11.5 Å². The zero-order valence-electron chi connectivity index (χ0n) is 12.9. The molecule has 1 aromatic heterocycles. The van der Waals surface area contributed by atoms with Crippen molar-refractivity contribution >= 4 is 11.3 Å². The first-order valence-electron chi connectivity index (χ1n) is 6.51. The lowest BCUT2D eigenvalue weighted by Crippen LogP contribution is -2.12. The zero-order valence-corrected chi connectivity index (χ0v) is 13.7. The lowest BCUT2D eigenvalue weighted by Gasteiger charge is -2.16. The fourth-order valence-electron chi connectivity index (χ4n) is 2.05. The van der Waals surface area contributed by atoms with E-state index in [-0.39, 0.29) is 6.04 Å². The van der Waals surface area contributed by atoms with Crippen molar-refractivity contribution < 1.29 is 14.2 Å². The van der Waals surface area contributed by atoms with Gasteiger partial charge >= 0.3 is 0 Å². The SMILES string of the molecule is COc1cc(C(N)c2nc(C)c(C)s2)cc(OC)c1OC. The molecule has 0 amide bonds. The first-order valence-corrected chi connectivity index (χ1v) is 7.32. The molecule has 1 atom stereocenters. The maximum absolute atomic E-state index is 6.33. The van der Waals surface area contributed by atoms with Crippen molar-refractivity contribution in [3.63, 3.8) is 0 Å². The molecule has 0 saturated heterocycles. The lowest BCUT2D eigenvalue weighted by molar-refractivity contribution is 0.323. The van der Waals surface area contributed by atoms with Crippen LogP contribution in [0.3, 0.4) is 0 Å². The Balaban J connectivity index is 2.48. The minimum atomic E-state index is -0.323. The number of benzene rings is 1. The summed E-state index contributed by atoms with van der Waals surface area (Å²) in [6.45, 7) is 4.02. The van der Waals surface area contributed by atoms with E-state index < -0.39 is 0 Å². The molecule has 2 N–H and O–H groups in total. The molecule has 0 radical (unpaired) electrons. The van der Waals surface area contributed by atoms with E-state index >= 15 is 0 Å². The highest BCUT2D eigenvalue weighted by Gasteiger charge is 2.20. The molecule has 0 aliphatic rings. The molecule has 0 saturated carbocycles. The lowest BCUT2D eigenvalue weighted by atomic mass is 10.1. The van der Waals surface area contributed by atoms with Crippen molar-refractivity contribution in [1.29, 1.82) is 0 Å². The summed E-state index contributed by atoms with van der Waals surface area (Å²) in [5.41, 5.74) is 8.22. The van der Waals surface area contributed by atoms with Gasteiger partial charge in [-0.05, 0) is 31.5 Å². The van der Waals surface area contributed by atoms with E-state index in [9.17, 15) is 0 Å². The normalized spacial score (nSPS) is 12.1. The van der Waals surface area contributed by atoms with Crippen molar-refractivity contribution in [2.75, 3.05) is 21.3 Å². The van der Waals surface area contributed by atoms with E-state index in [1.807, 2.05) is 26.0 Å². The van der Waals surface area contributed by atoms with Crippen LogP contribution >= 0.6 is 11.3 Å². The van der Waals surface area contributed by atoms with Gasteiger partial charge in [-0.2, -0.15) is 0 Å². The molecule has 0 aliphatic carbocycles. The van der Waals surface area contributed by atoms with Gasteiger partial charge in [0, 0.05) is 4.88 Å². The molecule has 21 heavy (non-hydrogen) atoms. The van der Waals surface area contributed by atoms with E-state index in [1.165, 1.54) is 4.88 Å². The predicted molar refractivity (Wildman–Crippen MR) is 83.7 cm³/mol. The number of aromatic nitrogens is 1. The topological polar surface area (TPSA) is 66.6 Å². The van der Waals surface area contributed by atoms with Crippen molar-refractivity contribution in [2.24, 2.45) is 5.73 Å². The summed E-state index contributed by atoms with van der Waals surface area (Å²) in [4.78, 5) is 5.69. The Morgan fingerprint density at radius 1 is 1.05 bits per heavy atom. The van der Waals surface area contributed by atoms with Gasteiger partial charge in [-0.3, -0.25) is 0 Å². The average molecular weight is 308 g/mol. The van der Waals surface area contributed by atoms with E-state index in [2.05, 4.69) is 4.98 Å². The second kappa shape index (κ2) is 6.32. The van der Waals surface area contributed by atoms with Crippen LogP contribution in [0.25, 0.3) is 0 Å². The predicted octanol–water partition coefficient (Wildman–Crippen LogP) is 2.83. The molecule has 2 aromatic rings. The molecule has 0 spiro atoms. The van der Waals surface area contributed by atoms with Crippen LogP contribution in [0.4, 0.5) is 0 Å². The van der Waals surface area contributed by atoms with Crippen molar-refractivity contribution in [3.05, 3.63) is 33.3 Å². The van der Waals surface area contributed by atoms with Gasteiger partial charge in [0.1, 0.15) is 5.01 Å². The number of hydrogen-bond acceptors (Lipinski definition) is 6. The van der Waals surface area contributed by atoms with Crippen LogP contribution in [-0.4, -0.2) is 26.3 Å². The van der Waals surface area contributed by atoms with E-state index in [4.69, 9.17) is 19.9 Å². The van der Waals surface area contributed by atoms with E-state index in [0.717, 1.165) is 16.3 Å². The molecule has 1 unspecified atom stereocenters. The third kappa shape index (κ3) is 2.96. The van der Waals surface area contributed by atoms with Gasteiger partial charge in [0.2, 0.25) is 5.75 Å². The van der Waals surface area contributed by atoms with Crippen LogP contribution in [0.1, 0.15) is 27.2 Å². The Kier molecular flexibility index (Phi) is 4.69. The summed E-state index contributed by atoms with van der Waals surface area (Å²) < 4.78 is 16.0. The zero-order chi connectivity index (χ0) is 15.6. The summed E-state index contributed by atoms with van der Waals surface area (Å²) >= 11 is 1.61. The van der Waals surface area contributed by atoms with Crippen LogP contribution in [0.15, 0.2) is 12.1 Å².